The molecule has 0 saturated carbocycles. The van der Waals surface area contributed by atoms with E-state index in [1.54, 1.807) is 24.7 Å². The van der Waals surface area contributed by atoms with Gasteiger partial charge in [0.25, 0.3) is 0 Å². The molecule has 1 aliphatic heterocycles. The second-order valence-corrected chi connectivity index (χ2v) is 7.52. The lowest BCUT2D eigenvalue weighted by Crippen LogP contribution is -2.27. The quantitative estimate of drug-likeness (QED) is 0.604. The van der Waals surface area contributed by atoms with Gasteiger partial charge in [0.2, 0.25) is 5.91 Å². The van der Waals surface area contributed by atoms with E-state index < -0.39 is 0 Å². The number of benzene rings is 1. The molecular formula is C21H23N3O3S. The molecule has 7 heteroatoms. The van der Waals surface area contributed by atoms with E-state index in [2.05, 4.69) is 9.95 Å². The minimum Gasteiger partial charge on any atom is -0.497 e. The topological polar surface area (TPSA) is 60.0 Å². The zero-order chi connectivity index (χ0) is 19.3. The number of thiazole rings is 1. The van der Waals surface area contributed by atoms with Crippen LogP contribution in [0.15, 0.2) is 57.5 Å². The standard InChI is InChI=1S/C21H23N3O3S/c1-26-17-9-7-16(8-10-17)22-21-24(13-4-12-23-11-2-6-20(23)25)18(15-28-21)19-5-3-14-27-19/h3,5,7-10,14-15H,2,4,6,11-13H2,1H3. The highest BCUT2D eigenvalue weighted by Crippen LogP contribution is 2.22. The minimum absolute atomic E-state index is 0.268. The molecule has 0 unspecified atom stereocenters. The number of furan rings is 1. The number of rotatable bonds is 7. The molecule has 4 rings (SSSR count). The SMILES string of the molecule is COc1ccc(N=c2scc(-c3ccco3)n2CCCN2CCCC2=O)cc1. The number of nitrogens with zero attached hydrogens (tertiary/aromatic N) is 3. The zero-order valence-electron chi connectivity index (χ0n) is 15.8. The van der Waals surface area contributed by atoms with Crippen molar-refractivity contribution in [2.24, 2.45) is 4.99 Å². The molecule has 1 amide bonds. The highest BCUT2D eigenvalue weighted by atomic mass is 32.1. The van der Waals surface area contributed by atoms with Gasteiger partial charge in [-0.3, -0.25) is 4.79 Å². The molecule has 28 heavy (non-hydrogen) atoms. The van der Waals surface area contributed by atoms with Gasteiger partial charge in [0, 0.05) is 31.4 Å². The van der Waals surface area contributed by atoms with E-state index >= 15 is 0 Å². The third-order valence-corrected chi connectivity index (χ3v) is 5.71. The summed E-state index contributed by atoms with van der Waals surface area (Å²) in [5.41, 5.74) is 1.88. The molecule has 0 N–H and O–H groups in total. The number of aromatic nitrogens is 1. The van der Waals surface area contributed by atoms with E-state index in [4.69, 9.17) is 14.1 Å². The van der Waals surface area contributed by atoms with Gasteiger partial charge >= 0.3 is 0 Å². The summed E-state index contributed by atoms with van der Waals surface area (Å²) in [6, 6.07) is 11.5. The van der Waals surface area contributed by atoms with Crippen LogP contribution >= 0.6 is 11.3 Å². The fourth-order valence-electron chi connectivity index (χ4n) is 3.38. The van der Waals surface area contributed by atoms with E-state index in [9.17, 15) is 4.79 Å². The number of hydrogen-bond donors (Lipinski definition) is 0. The normalized spacial score (nSPS) is 14.8. The van der Waals surface area contributed by atoms with E-state index in [-0.39, 0.29) is 5.91 Å². The van der Waals surface area contributed by atoms with Crippen molar-refractivity contribution in [3.8, 4) is 17.2 Å². The van der Waals surface area contributed by atoms with Crippen molar-refractivity contribution in [2.45, 2.75) is 25.8 Å². The first-order valence-corrected chi connectivity index (χ1v) is 10.3. The predicted molar refractivity (Wildman–Crippen MR) is 109 cm³/mol. The number of methoxy groups -OCH3 is 1. The van der Waals surface area contributed by atoms with Crippen LogP contribution in [0.2, 0.25) is 0 Å². The zero-order valence-corrected chi connectivity index (χ0v) is 16.7. The summed E-state index contributed by atoms with van der Waals surface area (Å²) < 4.78 is 13.0. The summed E-state index contributed by atoms with van der Waals surface area (Å²) in [6.07, 6.45) is 4.22. The number of amides is 1. The summed E-state index contributed by atoms with van der Waals surface area (Å²) in [4.78, 5) is 19.5. The van der Waals surface area contributed by atoms with Crippen molar-refractivity contribution in [3.05, 3.63) is 52.8 Å². The molecule has 0 bridgehead atoms. The van der Waals surface area contributed by atoms with E-state index in [0.29, 0.717) is 6.42 Å². The van der Waals surface area contributed by atoms with Gasteiger partial charge < -0.3 is 18.6 Å². The lowest BCUT2D eigenvalue weighted by Gasteiger charge is -2.16. The number of ether oxygens (including phenoxy) is 1. The Hall–Kier alpha value is -2.80. The summed E-state index contributed by atoms with van der Waals surface area (Å²) in [5.74, 6) is 1.90. The molecule has 0 atom stereocenters. The Labute approximate surface area is 167 Å². The van der Waals surface area contributed by atoms with Crippen LogP contribution in [0.25, 0.3) is 11.5 Å². The minimum atomic E-state index is 0.268. The maximum Gasteiger partial charge on any atom is 0.222 e. The highest BCUT2D eigenvalue weighted by Gasteiger charge is 2.19. The van der Waals surface area contributed by atoms with Crippen LogP contribution in [0.4, 0.5) is 5.69 Å². The predicted octanol–water partition coefficient (Wildman–Crippen LogP) is 4.06. The fourth-order valence-corrected chi connectivity index (χ4v) is 4.32. The van der Waals surface area contributed by atoms with E-state index in [0.717, 1.165) is 60.2 Å². The van der Waals surface area contributed by atoms with E-state index in [1.165, 1.54) is 0 Å². The summed E-state index contributed by atoms with van der Waals surface area (Å²) in [5, 5.41) is 2.07. The van der Waals surface area contributed by atoms with E-state index in [1.807, 2.05) is 41.3 Å². The van der Waals surface area contributed by atoms with Gasteiger partial charge in [-0.05, 0) is 49.2 Å². The molecule has 1 aliphatic rings. The third-order valence-electron chi connectivity index (χ3n) is 4.85. The maximum absolute atomic E-state index is 11.9. The molecule has 2 aromatic heterocycles. The Morgan fingerprint density at radius 3 is 2.75 bits per heavy atom. The molecule has 3 heterocycles. The van der Waals surface area contributed by atoms with Crippen LogP contribution in [-0.4, -0.2) is 35.6 Å². The summed E-state index contributed by atoms with van der Waals surface area (Å²) >= 11 is 1.59. The second-order valence-electron chi connectivity index (χ2n) is 6.68. The molecule has 3 aromatic rings. The molecule has 0 spiro atoms. The van der Waals surface area contributed by atoms with Crippen molar-refractivity contribution >= 4 is 22.9 Å². The average molecular weight is 398 g/mol. The second kappa shape index (κ2) is 8.48. The van der Waals surface area contributed by atoms with Crippen LogP contribution < -0.4 is 9.54 Å². The lowest BCUT2D eigenvalue weighted by atomic mass is 10.3. The molecule has 146 valence electrons. The van der Waals surface area contributed by atoms with Gasteiger partial charge in [0.05, 0.1) is 24.8 Å². The van der Waals surface area contributed by atoms with Crippen molar-refractivity contribution < 1.29 is 13.9 Å². The van der Waals surface area contributed by atoms with Crippen molar-refractivity contribution in [1.29, 1.82) is 0 Å². The van der Waals surface area contributed by atoms with Crippen LogP contribution in [0, 0.1) is 0 Å². The largest absolute Gasteiger partial charge is 0.497 e. The first-order valence-electron chi connectivity index (χ1n) is 9.43. The van der Waals surface area contributed by atoms with Crippen molar-refractivity contribution in [2.75, 3.05) is 20.2 Å². The molecule has 1 fully saturated rings. The molecule has 1 aromatic carbocycles. The number of likely N-dealkylation sites (tertiary alicyclic amines) is 1. The van der Waals surface area contributed by atoms with Gasteiger partial charge in [0.15, 0.2) is 10.6 Å². The lowest BCUT2D eigenvalue weighted by molar-refractivity contribution is -0.127. The summed E-state index contributed by atoms with van der Waals surface area (Å²) in [6.45, 7) is 2.43. The summed E-state index contributed by atoms with van der Waals surface area (Å²) in [7, 11) is 1.65. The van der Waals surface area contributed by atoms with Gasteiger partial charge in [-0.2, -0.15) is 0 Å². The highest BCUT2D eigenvalue weighted by molar-refractivity contribution is 7.07. The third kappa shape index (κ3) is 4.04. The number of carbonyl (C=O) groups excluding carboxylic acids is 1. The monoisotopic (exact) mass is 397 g/mol. The Bertz CT molecular complexity index is 987. The Balaban J connectivity index is 1.60. The molecule has 6 nitrogen and oxygen atoms in total. The van der Waals surface area contributed by atoms with Gasteiger partial charge in [-0.25, -0.2) is 4.99 Å². The van der Waals surface area contributed by atoms with Crippen LogP contribution in [0.5, 0.6) is 5.75 Å². The van der Waals surface area contributed by atoms with Crippen molar-refractivity contribution in [1.82, 2.24) is 9.47 Å². The number of carbonyl (C=O) groups is 1. The van der Waals surface area contributed by atoms with Gasteiger partial charge in [-0.15, -0.1) is 11.3 Å². The Kier molecular flexibility index (Phi) is 5.62. The number of hydrogen-bond acceptors (Lipinski definition) is 5. The molecule has 0 aliphatic carbocycles. The first kappa shape index (κ1) is 18.6. The Morgan fingerprint density at radius 2 is 2.07 bits per heavy atom. The fraction of sp³-hybridized carbons (Fsp3) is 0.333. The average Bonchev–Trinajstić information content (AvgIpc) is 3.45. The molecule has 1 saturated heterocycles. The molecule has 0 radical (unpaired) electrons. The smallest absolute Gasteiger partial charge is 0.222 e. The first-order chi connectivity index (χ1) is 13.7. The molecular weight excluding hydrogens is 374 g/mol. The van der Waals surface area contributed by atoms with Crippen LogP contribution in [0.1, 0.15) is 19.3 Å². The van der Waals surface area contributed by atoms with Gasteiger partial charge in [-0.1, -0.05) is 0 Å². The maximum atomic E-state index is 11.9. The van der Waals surface area contributed by atoms with Crippen LogP contribution in [0.3, 0.4) is 0 Å². The van der Waals surface area contributed by atoms with Crippen molar-refractivity contribution in [3.63, 3.8) is 0 Å². The van der Waals surface area contributed by atoms with Crippen LogP contribution in [-0.2, 0) is 11.3 Å². The Morgan fingerprint density at radius 1 is 1.21 bits per heavy atom. The van der Waals surface area contributed by atoms with Gasteiger partial charge in [0.1, 0.15) is 5.75 Å².